The third kappa shape index (κ3) is 6.19. The monoisotopic (exact) mass is 429 g/mol. The molecule has 0 spiro atoms. The molecule has 1 aliphatic rings. The summed E-state index contributed by atoms with van der Waals surface area (Å²) in [6.07, 6.45) is 3.57. The number of halogens is 1. The molecule has 1 saturated heterocycles. The van der Waals surface area contributed by atoms with E-state index in [-0.39, 0.29) is 12.1 Å². The Morgan fingerprint density at radius 3 is 2.43 bits per heavy atom. The first-order chi connectivity index (χ1) is 14.2. The van der Waals surface area contributed by atoms with Crippen LogP contribution in [-0.2, 0) is 4.74 Å². The normalized spacial score (nSPS) is 16.5. The molecular weight excluding hydrogens is 398 g/mol. The zero-order valence-corrected chi connectivity index (χ0v) is 19.1. The molecule has 6 heteroatoms. The van der Waals surface area contributed by atoms with Gasteiger partial charge in [0, 0.05) is 30.9 Å². The van der Waals surface area contributed by atoms with E-state index in [0.29, 0.717) is 5.92 Å². The number of likely N-dealkylation sites (tertiary alicyclic amines) is 1. The summed E-state index contributed by atoms with van der Waals surface area (Å²) in [5.41, 5.74) is 1.74. The van der Waals surface area contributed by atoms with E-state index in [1.165, 1.54) is 5.56 Å². The molecule has 30 heavy (non-hydrogen) atoms. The topological polar surface area (TPSA) is 45.7 Å². The Labute approximate surface area is 185 Å². The minimum absolute atomic E-state index is 0.0624. The lowest BCUT2D eigenvalue weighted by atomic mass is 9.94. The summed E-state index contributed by atoms with van der Waals surface area (Å²) >= 11 is 6.11. The molecule has 1 atom stereocenters. The summed E-state index contributed by atoms with van der Waals surface area (Å²) in [6, 6.07) is 14.1. The molecule has 0 radical (unpaired) electrons. The lowest BCUT2D eigenvalue weighted by Gasteiger charge is -2.36. The highest BCUT2D eigenvalue weighted by Crippen LogP contribution is 2.30. The van der Waals surface area contributed by atoms with Gasteiger partial charge in [-0.25, -0.2) is 4.79 Å². The number of carbonyl (C=O) groups is 1. The van der Waals surface area contributed by atoms with Crippen molar-refractivity contribution in [3.05, 3.63) is 64.9 Å². The smallest absolute Gasteiger partial charge is 0.410 e. The molecule has 2 heterocycles. The molecule has 0 bridgehead atoms. The van der Waals surface area contributed by atoms with Crippen LogP contribution in [0.25, 0.3) is 0 Å². The second-order valence-electron chi connectivity index (χ2n) is 9.06. The van der Waals surface area contributed by atoms with Crippen LogP contribution < -0.4 is 0 Å². The number of ether oxygens (including phenoxy) is 1. The van der Waals surface area contributed by atoms with Gasteiger partial charge in [0.1, 0.15) is 5.60 Å². The van der Waals surface area contributed by atoms with Crippen LogP contribution in [0.15, 0.2) is 48.7 Å². The van der Waals surface area contributed by atoms with Gasteiger partial charge in [-0.3, -0.25) is 9.88 Å². The summed E-state index contributed by atoms with van der Waals surface area (Å²) in [5, 5.41) is 0.732. The Kier molecular flexibility index (Phi) is 7.37. The first kappa shape index (κ1) is 22.6. The number of aromatic nitrogens is 1. The fourth-order valence-electron chi connectivity index (χ4n) is 3.97. The van der Waals surface area contributed by atoms with E-state index in [0.717, 1.165) is 43.2 Å². The molecular formula is C24H32ClN3O2. The SMILES string of the molecule is CN(CC1CCN(C(=O)OC(C)(C)C)CC1)C(c1ccc(Cl)cc1)c1ccccn1. The highest BCUT2D eigenvalue weighted by molar-refractivity contribution is 6.30. The molecule has 1 aliphatic heterocycles. The summed E-state index contributed by atoms with van der Waals surface area (Å²) in [5.74, 6) is 0.521. The zero-order chi connectivity index (χ0) is 21.7. The van der Waals surface area contributed by atoms with Gasteiger partial charge >= 0.3 is 6.09 Å². The zero-order valence-electron chi connectivity index (χ0n) is 18.3. The third-order valence-electron chi connectivity index (χ3n) is 5.41. The Morgan fingerprint density at radius 1 is 1.20 bits per heavy atom. The number of amides is 1. The van der Waals surface area contributed by atoms with Crippen molar-refractivity contribution in [2.75, 3.05) is 26.7 Å². The minimum atomic E-state index is -0.456. The van der Waals surface area contributed by atoms with Gasteiger partial charge in [0.15, 0.2) is 0 Å². The highest BCUT2D eigenvalue weighted by atomic mass is 35.5. The van der Waals surface area contributed by atoms with Crippen molar-refractivity contribution in [2.24, 2.45) is 5.92 Å². The molecule has 1 amide bonds. The van der Waals surface area contributed by atoms with Crippen molar-refractivity contribution in [1.29, 1.82) is 0 Å². The quantitative estimate of drug-likeness (QED) is 0.638. The van der Waals surface area contributed by atoms with E-state index in [4.69, 9.17) is 16.3 Å². The van der Waals surface area contributed by atoms with Crippen molar-refractivity contribution in [3.8, 4) is 0 Å². The van der Waals surface area contributed by atoms with E-state index in [2.05, 4.69) is 35.1 Å². The summed E-state index contributed by atoms with van der Waals surface area (Å²) in [7, 11) is 2.15. The molecule has 1 aromatic heterocycles. The predicted molar refractivity (Wildman–Crippen MR) is 121 cm³/mol. The second-order valence-corrected chi connectivity index (χ2v) is 9.50. The number of hydrogen-bond acceptors (Lipinski definition) is 4. The maximum atomic E-state index is 12.3. The van der Waals surface area contributed by atoms with Gasteiger partial charge in [0.05, 0.1) is 11.7 Å². The predicted octanol–water partition coefficient (Wildman–Crippen LogP) is 5.40. The Balaban J connectivity index is 1.65. The lowest BCUT2D eigenvalue weighted by molar-refractivity contribution is 0.0169. The molecule has 5 nitrogen and oxygen atoms in total. The van der Waals surface area contributed by atoms with E-state index in [1.54, 1.807) is 0 Å². The van der Waals surface area contributed by atoms with E-state index in [9.17, 15) is 4.79 Å². The Bertz CT molecular complexity index is 813. The Morgan fingerprint density at radius 2 is 1.87 bits per heavy atom. The fourth-order valence-corrected chi connectivity index (χ4v) is 4.10. The molecule has 162 valence electrons. The highest BCUT2D eigenvalue weighted by Gasteiger charge is 2.29. The maximum absolute atomic E-state index is 12.3. The molecule has 2 aromatic rings. The number of nitrogens with zero attached hydrogens (tertiary/aromatic N) is 3. The van der Waals surface area contributed by atoms with Crippen LogP contribution in [0.4, 0.5) is 4.79 Å². The van der Waals surface area contributed by atoms with Crippen LogP contribution in [-0.4, -0.2) is 53.2 Å². The van der Waals surface area contributed by atoms with E-state index >= 15 is 0 Å². The lowest BCUT2D eigenvalue weighted by Crippen LogP contribution is -2.43. The van der Waals surface area contributed by atoms with Gasteiger partial charge in [-0.1, -0.05) is 29.8 Å². The number of carbonyl (C=O) groups excluding carboxylic acids is 1. The maximum Gasteiger partial charge on any atom is 0.410 e. The van der Waals surface area contributed by atoms with Crippen molar-refractivity contribution in [2.45, 2.75) is 45.3 Å². The van der Waals surface area contributed by atoms with E-state index in [1.807, 2.05) is 56.1 Å². The third-order valence-corrected chi connectivity index (χ3v) is 5.66. The van der Waals surface area contributed by atoms with Crippen LogP contribution in [0.2, 0.25) is 5.02 Å². The van der Waals surface area contributed by atoms with Gasteiger partial charge < -0.3 is 9.64 Å². The number of rotatable bonds is 5. The van der Waals surface area contributed by atoms with Crippen LogP contribution in [0.3, 0.4) is 0 Å². The minimum Gasteiger partial charge on any atom is -0.444 e. The molecule has 3 rings (SSSR count). The summed E-state index contributed by atoms with van der Waals surface area (Å²) < 4.78 is 5.51. The molecule has 0 N–H and O–H groups in total. The first-order valence-electron chi connectivity index (χ1n) is 10.6. The molecule has 1 fully saturated rings. The number of pyridine rings is 1. The number of hydrogen-bond donors (Lipinski definition) is 0. The van der Waals surface area contributed by atoms with Crippen molar-refractivity contribution in [3.63, 3.8) is 0 Å². The van der Waals surface area contributed by atoms with Crippen LogP contribution >= 0.6 is 11.6 Å². The van der Waals surface area contributed by atoms with Gasteiger partial charge in [-0.05, 0) is 76.4 Å². The van der Waals surface area contributed by atoms with Gasteiger partial charge in [-0.15, -0.1) is 0 Å². The summed E-state index contributed by atoms with van der Waals surface area (Å²) in [6.45, 7) is 8.13. The van der Waals surface area contributed by atoms with Crippen LogP contribution in [0.1, 0.15) is 50.9 Å². The van der Waals surface area contributed by atoms with Gasteiger partial charge in [0.25, 0.3) is 0 Å². The number of piperidine rings is 1. The molecule has 1 unspecified atom stereocenters. The van der Waals surface area contributed by atoms with Crippen molar-refractivity contribution in [1.82, 2.24) is 14.8 Å². The van der Waals surface area contributed by atoms with Gasteiger partial charge in [0.2, 0.25) is 0 Å². The Hall–Kier alpha value is -2.11. The van der Waals surface area contributed by atoms with Crippen LogP contribution in [0, 0.1) is 5.92 Å². The standard InChI is InChI=1S/C24H32ClN3O2/c1-24(2,3)30-23(29)28-15-12-18(13-16-28)17-27(4)22(21-7-5-6-14-26-21)19-8-10-20(25)11-9-19/h5-11,14,18,22H,12-13,15-17H2,1-4H3. The molecule has 1 aromatic carbocycles. The average Bonchev–Trinajstić information content (AvgIpc) is 2.70. The number of benzene rings is 1. The summed E-state index contributed by atoms with van der Waals surface area (Å²) in [4.78, 5) is 21.1. The van der Waals surface area contributed by atoms with E-state index < -0.39 is 5.60 Å². The fraction of sp³-hybridized carbons (Fsp3) is 0.500. The van der Waals surface area contributed by atoms with Crippen molar-refractivity contribution >= 4 is 17.7 Å². The first-order valence-corrected chi connectivity index (χ1v) is 11.0. The second kappa shape index (κ2) is 9.80. The average molecular weight is 430 g/mol. The largest absolute Gasteiger partial charge is 0.444 e. The molecule has 0 saturated carbocycles. The van der Waals surface area contributed by atoms with Gasteiger partial charge in [-0.2, -0.15) is 0 Å². The van der Waals surface area contributed by atoms with Crippen molar-refractivity contribution < 1.29 is 9.53 Å². The molecule has 0 aliphatic carbocycles. The van der Waals surface area contributed by atoms with Crippen LogP contribution in [0.5, 0.6) is 0 Å².